The van der Waals surface area contributed by atoms with Crippen molar-refractivity contribution in [3.8, 4) is 17.2 Å². The summed E-state index contributed by atoms with van der Waals surface area (Å²) in [5.41, 5.74) is 1.82. The van der Waals surface area contributed by atoms with Crippen LogP contribution in [0.2, 0.25) is 0 Å². The van der Waals surface area contributed by atoms with Crippen LogP contribution in [0.25, 0.3) is 6.08 Å². The molecule has 0 heterocycles. The topological polar surface area (TPSA) is 85.9 Å². The first-order valence-electron chi connectivity index (χ1n) is 8.42. The fraction of sp³-hybridized carbons (Fsp3) is 0.143. The predicted octanol–water partition coefficient (Wildman–Crippen LogP) is 4.21. The van der Waals surface area contributed by atoms with E-state index < -0.39 is 0 Å². The highest BCUT2D eigenvalue weighted by Crippen LogP contribution is 2.39. The summed E-state index contributed by atoms with van der Waals surface area (Å²) in [6.45, 7) is 3.52. The molecule has 2 aromatic carbocycles. The predicted molar refractivity (Wildman–Crippen MR) is 117 cm³/mol. The van der Waals surface area contributed by atoms with Crippen LogP contribution in [0, 0.1) is 0 Å². The normalized spacial score (nSPS) is 10.3. The van der Waals surface area contributed by atoms with Crippen molar-refractivity contribution in [1.82, 2.24) is 0 Å². The summed E-state index contributed by atoms with van der Waals surface area (Å²) in [5.74, 6) is 0.619. The SMILES string of the molecule is C=C(Br)C(=O)Nc1cccc(/C=C/C(=O)Nc2cc(OC)c(OC)c(OC)c2)c1. The molecular weight excluding hydrogens is 440 g/mol. The molecule has 0 aliphatic heterocycles. The zero-order valence-corrected chi connectivity index (χ0v) is 17.8. The van der Waals surface area contributed by atoms with Gasteiger partial charge in [-0.05, 0) is 39.7 Å². The van der Waals surface area contributed by atoms with E-state index in [-0.39, 0.29) is 16.3 Å². The third kappa shape index (κ3) is 6.11. The summed E-state index contributed by atoms with van der Waals surface area (Å²) in [4.78, 5) is 24.0. The van der Waals surface area contributed by atoms with Crippen molar-refractivity contribution in [3.63, 3.8) is 0 Å². The monoisotopic (exact) mass is 460 g/mol. The highest BCUT2D eigenvalue weighted by Gasteiger charge is 2.14. The van der Waals surface area contributed by atoms with E-state index in [4.69, 9.17) is 14.2 Å². The molecule has 0 spiro atoms. The molecule has 0 bridgehead atoms. The van der Waals surface area contributed by atoms with Gasteiger partial charge in [-0.2, -0.15) is 0 Å². The molecule has 2 rings (SSSR count). The summed E-state index contributed by atoms with van der Waals surface area (Å²) < 4.78 is 16.0. The van der Waals surface area contributed by atoms with E-state index in [0.717, 1.165) is 5.56 Å². The number of hydrogen-bond donors (Lipinski definition) is 2. The van der Waals surface area contributed by atoms with Crippen molar-refractivity contribution in [2.45, 2.75) is 0 Å². The fourth-order valence-electron chi connectivity index (χ4n) is 2.43. The molecule has 2 aromatic rings. The highest BCUT2D eigenvalue weighted by molar-refractivity contribution is 9.12. The highest BCUT2D eigenvalue weighted by atomic mass is 79.9. The van der Waals surface area contributed by atoms with Gasteiger partial charge in [0.1, 0.15) is 0 Å². The van der Waals surface area contributed by atoms with E-state index in [2.05, 4.69) is 33.1 Å². The van der Waals surface area contributed by atoms with Gasteiger partial charge in [0.15, 0.2) is 11.5 Å². The quantitative estimate of drug-likeness (QED) is 0.576. The van der Waals surface area contributed by atoms with E-state index in [1.807, 2.05) is 6.07 Å². The molecule has 0 aromatic heterocycles. The van der Waals surface area contributed by atoms with Crippen LogP contribution in [0.5, 0.6) is 17.2 Å². The number of hydrogen-bond acceptors (Lipinski definition) is 5. The Morgan fingerprint density at radius 1 is 0.966 bits per heavy atom. The average Bonchev–Trinajstić information content (AvgIpc) is 2.71. The molecule has 0 fully saturated rings. The molecule has 2 N–H and O–H groups in total. The van der Waals surface area contributed by atoms with Crippen molar-refractivity contribution >= 4 is 45.2 Å². The van der Waals surface area contributed by atoms with Crippen LogP contribution in [0.15, 0.2) is 53.5 Å². The van der Waals surface area contributed by atoms with Crippen molar-refractivity contribution in [1.29, 1.82) is 0 Å². The summed E-state index contributed by atoms with van der Waals surface area (Å²) in [6, 6.07) is 10.3. The maximum Gasteiger partial charge on any atom is 0.262 e. The lowest BCUT2D eigenvalue weighted by Crippen LogP contribution is -2.10. The third-order valence-corrected chi connectivity index (χ3v) is 4.11. The zero-order valence-electron chi connectivity index (χ0n) is 16.2. The van der Waals surface area contributed by atoms with E-state index in [9.17, 15) is 9.59 Å². The van der Waals surface area contributed by atoms with Gasteiger partial charge in [-0.15, -0.1) is 0 Å². The first kappa shape index (κ1) is 22.0. The van der Waals surface area contributed by atoms with Crippen molar-refractivity contribution in [3.05, 3.63) is 59.1 Å². The molecule has 7 nitrogen and oxygen atoms in total. The van der Waals surface area contributed by atoms with Crippen LogP contribution in [-0.4, -0.2) is 33.1 Å². The lowest BCUT2D eigenvalue weighted by molar-refractivity contribution is -0.112. The van der Waals surface area contributed by atoms with Gasteiger partial charge in [0, 0.05) is 29.6 Å². The first-order chi connectivity index (χ1) is 13.9. The molecular formula is C21H21BrN2O5. The minimum atomic E-state index is -0.345. The molecule has 0 radical (unpaired) electrons. The Bertz CT molecular complexity index is 931. The number of carbonyl (C=O) groups is 2. The second-order valence-corrected chi connectivity index (χ2v) is 6.68. The molecule has 0 aliphatic rings. The molecule has 0 saturated carbocycles. The number of nitrogens with one attached hydrogen (secondary N) is 2. The Morgan fingerprint density at radius 2 is 1.62 bits per heavy atom. The first-order valence-corrected chi connectivity index (χ1v) is 9.22. The Hall–Kier alpha value is -3.26. The van der Waals surface area contributed by atoms with Crippen LogP contribution in [-0.2, 0) is 9.59 Å². The molecule has 29 heavy (non-hydrogen) atoms. The molecule has 0 aliphatic carbocycles. The van der Waals surface area contributed by atoms with Gasteiger partial charge in [0.2, 0.25) is 11.7 Å². The van der Waals surface area contributed by atoms with Crippen molar-refractivity contribution < 1.29 is 23.8 Å². The molecule has 0 atom stereocenters. The van der Waals surface area contributed by atoms with Gasteiger partial charge in [0.05, 0.1) is 25.8 Å². The van der Waals surface area contributed by atoms with E-state index >= 15 is 0 Å². The number of rotatable bonds is 8. The number of methoxy groups -OCH3 is 3. The Labute approximate surface area is 177 Å². The van der Waals surface area contributed by atoms with Crippen molar-refractivity contribution in [2.75, 3.05) is 32.0 Å². The van der Waals surface area contributed by atoms with Crippen LogP contribution < -0.4 is 24.8 Å². The van der Waals surface area contributed by atoms with Gasteiger partial charge < -0.3 is 24.8 Å². The zero-order chi connectivity index (χ0) is 21.4. The second-order valence-electron chi connectivity index (χ2n) is 5.72. The third-order valence-electron chi connectivity index (χ3n) is 3.75. The lowest BCUT2D eigenvalue weighted by Gasteiger charge is -2.14. The number of benzene rings is 2. The minimum absolute atomic E-state index is 0.225. The van der Waals surface area contributed by atoms with Gasteiger partial charge in [-0.1, -0.05) is 18.7 Å². The summed E-state index contributed by atoms with van der Waals surface area (Å²) in [6.07, 6.45) is 3.01. The average molecular weight is 461 g/mol. The number of carbonyl (C=O) groups excluding carboxylic acids is 2. The second kappa shape index (κ2) is 10.3. The largest absolute Gasteiger partial charge is 0.493 e. The molecule has 0 saturated heterocycles. The minimum Gasteiger partial charge on any atom is -0.493 e. The Morgan fingerprint density at radius 3 is 2.17 bits per heavy atom. The number of halogens is 1. The van der Waals surface area contributed by atoms with Gasteiger partial charge in [-0.3, -0.25) is 9.59 Å². The molecule has 152 valence electrons. The maximum absolute atomic E-state index is 12.3. The van der Waals surface area contributed by atoms with E-state index in [0.29, 0.717) is 28.6 Å². The van der Waals surface area contributed by atoms with Crippen LogP contribution >= 0.6 is 15.9 Å². The molecule has 2 amide bonds. The van der Waals surface area contributed by atoms with Crippen LogP contribution in [0.4, 0.5) is 11.4 Å². The standard InChI is InChI=1S/C21H21BrN2O5/c1-13(22)21(26)24-15-7-5-6-14(10-15)8-9-19(25)23-16-11-17(27-2)20(29-4)18(12-16)28-3/h5-12H,1H2,2-4H3,(H,23,25)(H,24,26)/b9-8+. The van der Waals surface area contributed by atoms with E-state index in [1.165, 1.54) is 27.4 Å². The van der Waals surface area contributed by atoms with Crippen LogP contribution in [0.3, 0.4) is 0 Å². The fourth-order valence-corrected chi connectivity index (χ4v) is 2.53. The number of amides is 2. The molecule has 0 unspecified atom stereocenters. The smallest absolute Gasteiger partial charge is 0.262 e. The lowest BCUT2D eigenvalue weighted by atomic mass is 10.2. The summed E-state index contributed by atoms with van der Waals surface area (Å²) in [7, 11) is 4.50. The summed E-state index contributed by atoms with van der Waals surface area (Å²) >= 11 is 3.03. The Kier molecular flexibility index (Phi) is 7.85. The van der Waals surface area contributed by atoms with Crippen molar-refractivity contribution in [2.24, 2.45) is 0 Å². The van der Waals surface area contributed by atoms with Gasteiger partial charge in [0.25, 0.3) is 5.91 Å². The number of anilines is 2. The molecule has 8 heteroatoms. The van der Waals surface area contributed by atoms with Gasteiger partial charge >= 0.3 is 0 Å². The number of ether oxygens (including phenoxy) is 3. The Balaban J connectivity index is 2.12. The summed E-state index contributed by atoms with van der Waals surface area (Å²) in [5, 5.41) is 5.43. The van der Waals surface area contributed by atoms with Crippen LogP contribution in [0.1, 0.15) is 5.56 Å². The maximum atomic E-state index is 12.3. The van der Waals surface area contributed by atoms with Gasteiger partial charge in [-0.25, -0.2) is 0 Å². The van der Waals surface area contributed by atoms with E-state index in [1.54, 1.807) is 36.4 Å².